The summed E-state index contributed by atoms with van der Waals surface area (Å²) in [5.41, 5.74) is 1.49. The van der Waals surface area contributed by atoms with Crippen molar-refractivity contribution in [2.75, 3.05) is 11.9 Å². The normalized spacial score (nSPS) is 26.7. The highest BCUT2D eigenvalue weighted by molar-refractivity contribution is 9.10. The van der Waals surface area contributed by atoms with Gasteiger partial charge in [0.2, 0.25) is 0 Å². The van der Waals surface area contributed by atoms with Crippen LogP contribution in [0.4, 0.5) is 5.82 Å². The van der Waals surface area contributed by atoms with Gasteiger partial charge < -0.3 is 5.32 Å². The lowest BCUT2D eigenvalue weighted by Gasteiger charge is -2.28. The highest BCUT2D eigenvalue weighted by atomic mass is 79.9. The van der Waals surface area contributed by atoms with E-state index in [1.54, 1.807) is 0 Å². The van der Waals surface area contributed by atoms with Crippen molar-refractivity contribution in [3.8, 4) is 0 Å². The summed E-state index contributed by atoms with van der Waals surface area (Å²) >= 11 is 3.74. The van der Waals surface area contributed by atoms with E-state index >= 15 is 0 Å². The van der Waals surface area contributed by atoms with Crippen LogP contribution in [0.3, 0.4) is 0 Å². The topological polar surface area (TPSA) is 29.9 Å². The number of nitrogens with zero attached hydrogens (tertiary/aromatic N) is 2. The van der Waals surface area contributed by atoms with Crippen molar-refractivity contribution in [3.63, 3.8) is 0 Å². The number of hydrogen-bond donors (Lipinski definition) is 1. The van der Waals surface area contributed by atoms with Gasteiger partial charge in [-0.2, -0.15) is 5.10 Å². The largest absolute Gasteiger partial charge is 0.369 e. The zero-order valence-corrected chi connectivity index (χ0v) is 13.0. The summed E-state index contributed by atoms with van der Waals surface area (Å²) in [6, 6.07) is 0.631. The maximum Gasteiger partial charge on any atom is 0.139 e. The van der Waals surface area contributed by atoms with Gasteiger partial charge in [-0.25, -0.2) is 4.68 Å². The van der Waals surface area contributed by atoms with Crippen LogP contribution in [0.15, 0.2) is 4.47 Å². The summed E-state index contributed by atoms with van der Waals surface area (Å²) in [6.07, 6.45) is 5.01. The molecule has 18 heavy (non-hydrogen) atoms. The molecule has 1 N–H and O–H groups in total. The van der Waals surface area contributed by atoms with E-state index in [2.05, 4.69) is 46.7 Å². The number of fused-ring (bicyclic) bond motifs is 3. The highest BCUT2D eigenvalue weighted by Gasteiger charge is 2.36. The molecular weight excluding hydrogens is 290 g/mol. The van der Waals surface area contributed by atoms with Crippen LogP contribution in [0.25, 0.3) is 0 Å². The molecule has 1 aliphatic heterocycles. The smallest absolute Gasteiger partial charge is 0.139 e. The SMILES string of the molecule is CC(C)(C)Cc1nn2c(c1Br)NCC1CCCC12. The van der Waals surface area contributed by atoms with Crippen LogP contribution >= 0.6 is 15.9 Å². The Labute approximate surface area is 117 Å². The Kier molecular flexibility index (Phi) is 2.96. The first-order valence-electron chi connectivity index (χ1n) is 6.96. The molecule has 2 unspecified atom stereocenters. The van der Waals surface area contributed by atoms with Gasteiger partial charge in [0.25, 0.3) is 0 Å². The number of halogens is 1. The Morgan fingerprint density at radius 3 is 2.89 bits per heavy atom. The monoisotopic (exact) mass is 311 g/mol. The standard InChI is InChI=1S/C14H22BrN3/c1-14(2,3)7-10-12(15)13-16-8-9-5-4-6-11(9)18(13)17-10/h9,11,16H,4-8H2,1-3H3. The van der Waals surface area contributed by atoms with Crippen LogP contribution in [0.2, 0.25) is 0 Å². The van der Waals surface area contributed by atoms with E-state index in [-0.39, 0.29) is 5.41 Å². The van der Waals surface area contributed by atoms with Crippen LogP contribution in [0, 0.1) is 11.3 Å². The molecule has 0 radical (unpaired) electrons. The first kappa shape index (κ1) is 12.5. The number of nitrogens with one attached hydrogen (secondary N) is 1. The van der Waals surface area contributed by atoms with E-state index in [1.807, 2.05) is 0 Å². The molecule has 0 bridgehead atoms. The van der Waals surface area contributed by atoms with Crippen LogP contribution in [0.1, 0.15) is 51.8 Å². The van der Waals surface area contributed by atoms with Gasteiger partial charge in [-0.3, -0.25) is 0 Å². The van der Waals surface area contributed by atoms with Crippen molar-refractivity contribution < 1.29 is 0 Å². The maximum absolute atomic E-state index is 4.89. The molecule has 2 heterocycles. The first-order valence-corrected chi connectivity index (χ1v) is 7.76. The number of aromatic nitrogens is 2. The fraction of sp³-hybridized carbons (Fsp3) is 0.786. The van der Waals surface area contributed by atoms with E-state index < -0.39 is 0 Å². The van der Waals surface area contributed by atoms with E-state index in [1.165, 1.54) is 35.2 Å². The van der Waals surface area contributed by atoms with Crippen LogP contribution in [-0.4, -0.2) is 16.3 Å². The maximum atomic E-state index is 4.89. The van der Waals surface area contributed by atoms with Gasteiger partial charge in [-0.15, -0.1) is 0 Å². The lowest BCUT2D eigenvalue weighted by molar-refractivity contribution is 0.341. The van der Waals surface area contributed by atoms with Gasteiger partial charge >= 0.3 is 0 Å². The molecule has 0 saturated heterocycles. The van der Waals surface area contributed by atoms with Crippen LogP contribution < -0.4 is 5.32 Å². The quantitative estimate of drug-likeness (QED) is 0.849. The van der Waals surface area contributed by atoms with Gasteiger partial charge in [0.15, 0.2) is 0 Å². The Morgan fingerprint density at radius 2 is 2.17 bits per heavy atom. The van der Waals surface area contributed by atoms with E-state index in [4.69, 9.17) is 5.10 Å². The summed E-state index contributed by atoms with van der Waals surface area (Å²) in [5.74, 6) is 1.99. The average Bonchev–Trinajstić information content (AvgIpc) is 2.83. The average molecular weight is 312 g/mol. The summed E-state index contributed by atoms with van der Waals surface area (Å²) in [7, 11) is 0. The Morgan fingerprint density at radius 1 is 1.39 bits per heavy atom. The van der Waals surface area contributed by atoms with E-state index in [0.29, 0.717) is 6.04 Å². The minimum Gasteiger partial charge on any atom is -0.369 e. The molecule has 1 aromatic rings. The van der Waals surface area contributed by atoms with Crippen molar-refractivity contribution in [2.45, 2.75) is 52.5 Å². The van der Waals surface area contributed by atoms with Crippen molar-refractivity contribution >= 4 is 21.7 Å². The predicted molar refractivity (Wildman–Crippen MR) is 78.0 cm³/mol. The third kappa shape index (κ3) is 2.09. The second-order valence-electron chi connectivity index (χ2n) is 6.93. The van der Waals surface area contributed by atoms with Crippen LogP contribution in [-0.2, 0) is 6.42 Å². The van der Waals surface area contributed by atoms with E-state index in [0.717, 1.165) is 18.9 Å². The fourth-order valence-electron chi connectivity index (χ4n) is 3.28. The molecule has 1 aromatic heterocycles. The zero-order valence-electron chi connectivity index (χ0n) is 11.5. The molecule has 2 aliphatic rings. The molecule has 1 aliphatic carbocycles. The molecule has 0 spiro atoms. The molecule has 4 heteroatoms. The predicted octanol–water partition coefficient (Wildman–Crippen LogP) is 4.00. The molecule has 1 fully saturated rings. The number of anilines is 1. The van der Waals surface area contributed by atoms with Gasteiger partial charge in [0.1, 0.15) is 5.82 Å². The van der Waals surface area contributed by atoms with Crippen molar-refractivity contribution in [2.24, 2.45) is 11.3 Å². The zero-order chi connectivity index (χ0) is 12.9. The molecular formula is C14H22BrN3. The fourth-order valence-corrected chi connectivity index (χ4v) is 3.82. The molecule has 3 nitrogen and oxygen atoms in total. The number of rotatable bonds is 1. The van der Waals surface area contributed by atoms with Gasteiger partial charge in [-0.1, -0.05) is 27.2 Å². The third-order valence-corrected chi connectivity index (χ3v) is 4.91. The highest BCUT2D eigenvalue weighted by Crippen LogP contribution is 2.43. The van der Waals surface area contributed by atoms with Gasteiger partial charge in [-0.05, 0) is 46.5 Å². The molecule has 3 rings (SSSR count). The van der Waals surface area contributed by atoms with Crippen molar-refractivity contribution in [1.82, 2.24) is 9.78 Å². The van der Waals surface area contributed by atoms with Gasteiger partial charge in [0.05, 0.1) is 16.2 Å². The van der Waals surface area contributed by atoms with Crippen LogP contribution in [0.5, 0.6) is 0 Å². The second kappa shape index (κ2) is 4.26. The molecule has 100 valence electrons. The Hall–Kier alpha value is -0.510. The summed E-state index contributed by atoms with van der Waals surface area (Å²) in [6.45, 7) is 7.92. The van der Waals surface area contributed by atoms with Crippen molar-refractivity contribution in [3.05, 3.63) is 10.2 Å². The Balaban J connectivity index is 1.96. The second-order valence-corrected chi connectivity index (χ2v) is 7.72. The minimum absolute atomic E-state index is 0.280. The Bertz CT molecular complexity index is 458. The third-order valence-electron chi connectivity index (χ3n) is 4.08. The summed E-state index contributed by atoms with van der Waals surface area (Å²) in [4.78, 5) is 0. The molecule has 1 saturated carbocycles. The number of hydrogen-bond acceptors (Lipinski definition) is 2. The lowest BCUT2D eigenvalue weighted by Crippen LogP contribution is -2.29. The summed E-state index contributed by atoms with van der Waals surface area (Å²) in [5, 5.41) is 8.45. The van der Waals surface area contributed by atoms with Crippen molar-refractivity contribution in [1.29, 1.82) is 0 Å². The summed E-state index contributed by atoms with van der Waals surface area (Å²) < 4.78 is 3.44. The minimum atomic E-state index is 0.280. The first-order chi connectivity index (χ1) is 8.46. The molecule has 2 atom stereocenters. The lowest BCUT2D eigenvalue weighted by atomic mass is 9.91. The molecule has 0 amide bonds. The van der Waals surface area contributed by atoms with Gasteiger partial charge in [0, 0.05) is 6.54 Å². The molecule has 0 aromatic carbocycles. The van der Waals surface area contributed by atoms with E-state index in [9.17, 15) is 0 Å².